The number of likely N-dealkylation sites (N-methyl/N-ethyl adjacent to an activating group) is 1. The minimum atomic E-state index is -0.676. The number of rotatable bonds is 27. The van der Waals surface area contributed by atoms with Crippen LogP contribution in [0, 0.1) is 5.92 Å². The Morgan fingerprint density at radius 2 is 1.26 bits per heavy atom. The van der Waals surface area contributed by atoms with Crippen molar-refractivity contribution in [2.75, 3.05) is 40.5 Å². The topological polar surface area (TPSA) is 59.0 Å². The van der Waals surface area contributed by atoms with E-state index in [0.717, 1.165) is 38.7 Å². The van der Waals surface area contributed by atoms with E-state index in [9.17, 15) is 9.90 Å². The average Bonchev–Trinajstić information content (AvgIpc) is 2.83. The first-order valence-electron chi connectivity index (χ1n) is 14.7. The van der Waals surface area contributed by atoms with Gasteiger partial charge in [0, 0.05) is 13.2 Å². The van der Waals surface area contributed by atoms with Crippen LogP contribution in [0.4, 0.5) is 0 Å². The molecule has 0 spiro atoms. The van der Waals surface area contributed by atoms with Crippen molar-refractivity contribution in [3.63, 3.8) is 0 Å². The number of carbonyl (C=O) groups is 1. The predicted octanol–water partition coefficient (Wildman–Crippen LogP) is 7.88. The standard InChI is InChI=1S/C30H59NO4/c1-5-7-9-11-13-14-15-16-18-22-28(30(32)33)23-19-21-25-35-27-29(31(3)4)26-34-24-20-17-12-10-8-6-2/h16,18,28-29H,5-15,17,19-27H2,1-4H3,(H,32,33). The second-order valence-electron chi connectivity index (χ2n) is 10.3. The highest BCUT2D eigenvalue weighted by molar-refractivity contribution is 5.70. The zero-order valence-electron chi connectivity index (χ0n) is 23.8. The molecule has 0 bridgehead atoms. The van der Waals surface area contributed by atoms with E-state index in [1.54, 1.807) is 0 Å². The summed E-state index contributed by atoms with van der Waals surface area (Å²) in [5.74, 6) is -0.953. The lowest BCUT2D eigenvalue weighted by Crippen LogP contribution is -2.37. The highest BCUT2D eigenvalue weighted by atomic mass is 16.5. The van der Waals surface area contributed by atoms with Crippen LogP contribution in [0.2, 0.25) is 0 Å². The predicted molar refractivity (Wildman–Crippen MR) is 149 cm³/mol. The molecule has 0 aliphatic heterocycles. The molecule has 0 aliphatic carbocycles. The van der Waals surface area contributed by atoms with E-state index < -0.39 is 5.97 Å². The second-order valence-corrected chi connectivity index (χ2v) is 10.3. The molecule has 0 amide bonds. The van der Waals surface area contributed by atoms with Gasteiger partial charge in [-0.1, -0.05) is 96.6 Å². The summed E-state index contributed by atoms with van der Waals surface area (Å²) in [6.07, 6.45) is 24.0. The van der Waals surface area contributed by atoms with Gasteiger partial charge in [-0.15, -0.1) is 0 Å². The summed E-state index contributed by atoms with van der Waals surface area (Å²) in [7, 11) is 4.14. The zero-order chi connectivity index (χ0) is 26.0. The van der Waals surface area contributed by atoms with E-state index in [4.69, 9.17) is 9.47 Å². The van der Waals surface area contributed by atoms with Crippen molar-refractivity contribution >= 4 is 5.97 Å². The Balaban J connectivity index is 3.84. The van der Waals surface area contributed by atoms with Crippen LogP contribution >= 0.6 is 0 Å². The maximum atomic E-state index is 11.6. The molecule has 0 aromatic heterocycles. The van der Waals surface area contributed by atoms with Gasteiger partial charge in [-0.3, -0.25) is 4.79 Å². The lowest BCUT2D eigenvalue weighted by Gasteiger charge is -2.24. The third-order valence-corrected chi connectivity index (χ3v) is 6.75. The number of allylic oxidation sites excluding steroid dienone is 2. The van der Waals surface area contributed by atoms with E-state index in [-0.39, 0.29) is 12.0 Å². The van der Waals surface area contributed by atoms with Gasteiger partial charge < -0.3 is 19.5 Å². The van der Waals surface area contributed by atoms with Crippen LogP contribution in [0.15, 0.2) is 12.2 Å². The van der Waals surface area contributed by atoms with Crippen molar-refractivity contribution in [3.8, 4) is 0 Å². The first-order valence-corrected chi connectivity index (χ1v) is 14.7. The summed E-state index contributed by atoms with van der Waals surface area (Å²) in [4.78, 5) is 13.7. The molecule has 35 heavy (non-hydrogen) atoms. The minimum absolute atomic E-state index is 0.263. The molecule has 5 heteroatoms. The minimum Gasteiger partial charge on any atom is -0.481 e. The second kappa shape index (κ2) is 26.2. The van der Waals surface area contributed by atoms with Gasteiger partial charge in [0.2, 0.25) is 0 Å². The highest BCUT2D eigenvalue weighted by Gasteiger charge is 2.15. The number of aliphatic carboxylic acids is 1. The van der Waals surface area contributed by atoms with E-state index in [0.29, 0.717) is 26.2 Å². The van der Waals surface area contributed by atoms with Crippen molar-refractivity contribution < 1.29 is 19.4 Å². The van der Waals surface area contributed by atoms with Crippen LogP contribution < -0.4 is 0 Å². The van der Waals surface area contributed by atoms with Crippen molar-refractivity contribution in [2.24, 2.45) is 5.92 Å². The molecule has 0 aromatic carbocycles. The zero-order valence-corrected chi connectivity index (χ0v) is 23.8. The molecule has 5 nitrogen and oxygen atoms in total. The summed E-state index contributed by atoms with van der Waals surface area (Å²) >= 11 is 0. The molecule has 1 N–H and O–H groups in total. The Morgan fingerprint density at radius 1 is 0.743 bits per heavy atom. The van der Waals surface area contributed by atoms with Crippen LogP contribution in [-0.4, -0.2) is 62.5 Å². The number of carboxylic acid groups (broad SMARTS) is 1. The van der Waals surface area contributed by atoms with Crippen molar-refractivity contribution in [1.82, 2.24) is 4.90 Å². The normalized spacial score (nSPS) is 13.6. The maximum Gasteiger partial charge on any atom is 0.306 e. The van der Waals surface area contributed by atoms with Crippen molar-refractivity contribution in [3.05, 3.63) is 12.2 Å². The third kappa shape index (κ3) is 23.3. The monoisotopic (exact) mass is 497 g/mol. The van der Waals surface area contributed by atoms with E-state index in [1.807, 2.05) is 0 Å². The van der Waals surface area contributed by atoms with Gasteiger partial charge in [0.1, 0.15) is 0 Å². The fourth-order valence-corrected chi connectivity index (χ4v) is 4.13. The Kier molecular flexibility index (Phi) is 25.5. The van der Waals surface area contributed by atoms with Crippen LogP contribution in [-0.2, 0) is 14.3 Å². The fourth-order valence-electron chi connectivity index (χ4n) is 4.13. The van der Waals surface area contributed by atoms with Crippen molar-refractivity contribution in [2.45, 2.75) is 129 Å². The molecule has 2 unspecified atom stereocenters. The van der Waals surface area contributed by atoms with Crippen LogP contribution in [0.25, 0.3) is 0 Å². The van der Waals surface area contributed by atoms with Gasteiger partial charge >= 0.3 is 5.97 Å². The molecule has 2 atom stereocenters. The Hall–Kier alpha value is -0.910. The van der Waals surface area contributed by atoms with Gasteiger partial charge in [-0.2, -0.15) is 0 Å². The molecule has 0 saturated heterocycles. The highest BCUT2D eigenvalue weighted by Crippen LogP contribution is 2.15. The lowest BCUT2D eigenvalue weighted by molar-refractivity contribution is -0.141. The van der Waals surface area contributed by atoms with Crippen LogP contribution in [0.5, 0.6) is 0 Å². The number of hydrogen-bond acceptors (Lipinski definition) is 4. The summed E-state index contributed by atoms with van der Waals surface area (Å²) < 4.78 is 11.8. The van der Waals surface area contributed by atoms with E-state index in [1.165, 1.54) is 70.6 Å². The summed E-state index contributed by atoms with van der Waals surface area (Å²) in [5.41, 5.74) is 0. The molecule has 0 aromatic rings. The Labute approximate surface area is 218 Å². The molecule has 208 valence electrons. The Morgan fingerprint density at radius 3 is 1.80 bits per heavy atom. The number of unbranched alkanes of at least 4 members (excludes halogenated alkanes) is 12. The number of ether oxygens (including phenoxy) is 2. The molecule has 0 rings (SSSR count). The molecule has 0 saturated carbocycles. The van der Waals surface area contributed by atoms with Gasteiger partial charge in [0.25, 0.3) is 0 Å². The van der Waals surface area contributed by atoms with Gasteiger partial charge in [0.15, 0.2) is 0 Å². The fraction of sp³-hybridized carbons (Fsp3) is 0.900. The number of carboxylic acids is 1. The lowest BCUT2D eigenvalue weighted by atomic mass is 9.98. The van der Waals surface area contributed by atoms with E-state index >= 15 is 0 Å². The van der Waals surface area contributed by atoms with Gasteiger partial charge in [-0.25, -0.2) is 0 Å². The maximum absolute atomic E-state index is 11.6. The first-order chi connectivity index (χ1) is 17.0. The van der Waals surface area contributed by atoms with E-state index in [2.05, 4.69) is 45.0 Å². The third-order valence-electron chi connectivity index (χ3n) is 6.75. The average molecular weight is 498 g/mol. The molecule has 0 radical (unpaired) electrons. The molecule has 0 fully saturated rings. The number of nitrogens with zero attached hydrogens (tertiary/aromatic N) is 1. The van der Waals surface area contributed by atoms with Gasteiger partial charge in [-0.05, 0) is 52.6 Å². The molecular weight excluding hydrogens is 438 g/mol. The smallest absolute Gasteiger partial charge is 0.306 e. The van der Waals surface area contributed by atoms with Crippen LogP contribution in [0.1, 0.15) is 123 Å². The Bertz CT molecular complexity index is 481. The number of hydrogen-bond donors (Lipinski definition) is 1. The quantitative estimate of drug-likeness (QED) is 0.0924. The first kappa shape index (κ1) is 34.1. The summed E-state index contributed by atoms with van der Waals surface area (Å²) in [6.45, 7) is 7.36. The molecule has 0 heterocycles. The molecular formula is C30H59NO4. The van der Waals surface area contributed by atoms with Crippen LogP contribution in [0.3, 0.4) is 0 Å². The summed E-state index contributed by atoms with van der Waals surface area (Å²) in [5, 5.41) is 9.52. The SMILES string of the molecule is CCCCCCCCC=CCC(CCCCOCC(COCCCCCCCC)N(C)C)C(=O)O. The van der Waals surface area contributed by atoms with Crippen molar-refractivity contribution in [1.29, 1.82) is 0 Å². The van der Waals surface area contributed by atoms with Gasteiger partial charge in [0.05, 0.1) is 25.2 Å². The summed E-state index contributed by atoms with van der Waals surface area (Å²) in [6, 6.07) is 0.263. The largest absolute Gasteiger partial charge is 0.481 e. The molecule has 0 aliphatic rings.